The molecule has 0 aromatic heterocycles. The topological polar surface area (TPSA) is 32.7 Å². The first kappa shape index (κ1) is 15.5. The summed E-state index contributed by atoms with van der Waals surface area (Å²) < 4.78 is 13.6. The van der Waals surface area contributed by atoms with Crippen molar-refractivity contribution in [3.05, 3.63) is 58.4 Å². The second kappa shape index (κ2) is 7.22. The predicted octanol–water partition coefficient (Wildman–Crippen LogP) is 3.68. The van der Waals surface area contributed by atoms with Crippen LogP contribution < -0.4 is 0 Å². The second-order valence-electron chi connectivity index (χ2n) is 4.62. The lowest BCUT2D eigenvalue weighted by Crippen LogP contribution is -2.27. The molecule has 0 saturated carbocycles. The van der Waals surface area contributed by atoms with Crippen LogP contribution in [0.5, 0.6) is 0 Å². The Kier molecular flexibility index (Phi) is 5.33. The molecule has 110 valence electrons. The van der Waals surface area contributed by atoms with Crippen LogP contribution in [0.4, 0.5) is 4.39 Å². The first-order valence-electron chi connectivity index (χ1n) is 6.62. The van der Waals surface area contributed by atoms with Crippen molar-refractivity contribution in [2.24, 2.45) is 4.99 Å². The van der Waals surface area contributed by atoms with E-state index in [0.717, 1.165) is 11.8 Å². The smallest absolute Gasteiger partial charge is 0.233 e. The zero-order chi connectivity index (χ0) is 15.2. The molecule has 0 N–H and O–H groups in total. The first-order chi connectivity index (χ1) is 10.2. The summed E-state index contributed by atoms with van der Waals surface area (Å²) in [5, 5.41) is 0.151. The van der Waals surface area contributed by atoms with Gasteiger partial charge in [-0.1, -0.05) is 42.1 Å². The molecule has 1 amide bonds. The summed E-state index contributed by atoms with van der Waals surface area (Å²) >= 11 is 1.08. The Morgan fingerprint density at radius 1 is 1.43 bits per heavy atom. The third-order valence-electron chi connectivity index (χ3n) is 3.19. The van der Waals surface area contributed by atoms with Crippen molar-refractivity contribution >= 4 is 24.4 Å². The van der Waals surface area contributed by atoms with Gasteiger partial charge in [0.2, 0.25) is 5.91 Å². The Hall–Kier alpha value is -1.88. The van der Waals surface area contributed by atoms with E-state index in [4.69, 9.17) is 0 Å². The molecule has 1 aromatic carbocycles. The number of aliphatic imine (C=N–C) groups is 1. The van der Waals surface area contributed by atoms with Gasteiger partial charge in [0.15, 0.2) is 5.83 Å². The van der Waals surface area contributed by atoms with Gasteiger partial charge in [0.25, 0.3) is 0 Å². The molecular formula is C16H17FN2OS. The van der Waals surface area contributed by atoms with Gasteiger partial charge < -0.3 is 4.90 Å². The predicted molar refractivity (Wildman–Crippen MR) is 85.7 cm³/mol. The lowest BCUT2D eigenvalue weighted by molar-refractivity contribution is -0.128. The van der Waals surface area contributed by atoms with E-state index in [9.17, 15) is 9.18 Å². The SMILES string of the molecule is C=N/C(SCC(=O)N1Cc2ccccc2C1)=C(F)\C=C/C. The summed E-state index contributed by atoms with van der Waals surface area (Å²) in [4.78, 5) is 17.6. The highest BCUT2D eigenvalue weighted by molar-refractivity contribution is 8.03. The molecule has 0 unspecified atom stereocenters. The largest absolute Gasteiger partial charge is 0.333 e. The van der Waals surface area contributed by atoms with Gasteiger partial charge in [-0.15, -0.1) is 0 Å². The van der Waals surface area contributed by atoms with Crippen LogP contribution in [0.3, 0.4) is 0 Å². The highest BCUT2D eigenvalue weighted by atomic mass is 32.2. The molecule has 3 nitrogen and oxygen atoms in total. The van der Waals surface area contributed by atoms with Gasteiger partial charge in [0.1, 0.15) is 5.03 Å². The summed E-state index contributed by atoms with van der Waals surface area (Å²) in [6.07, 6.45) is 2.90. The van der Waals surface area contributed by atoms with E-state index in [0.29, 0.717) is 13.1 Å². The van der Waals surface area contributed by atoms with Crippen molar-refractivity contribution in [1.82, 2.24) is 4.90 Å². The Balaban J connectivity index is 1.95. The van der Waals surface area contributed by atoms with Crippen LogP contribution in [-0.2, 0) is 17.9 Å². The maximum atomic E-state index is 13.6. The molecule has 1 heterocycles. The number of halogens is 1. The zero-order valence-electron chi connectivity index (χ0n) is 11.9. The standard InChI is InChI=1S/C16H17FN2OS/c1-3-6-14(17)16(18-2)21-11-15(20)19-9-12-7-4-5-8-13(12)10-19/h3-8H,2,9-11H2,1H3/b6-3-,16-14-. The zero-order valence-corrected chi connectivity index (χ0v) is 12.7. The van der Waals surface area contributed by atoms with E-state index >= 15 is 0 Å². The van der Waals surface area contributed by atoms with Crippen LogP contribution in [0, 0.1) is 0 Å². The molecule has 0 fully saturated rings. The number of hydrogen-bond donors (Lipinski definition) is 0. The number of rotatable bonds is 5. The molecule has 1 aromatic rings. The van der Waals surface area contributed by atoms with Crippen molar-refractivity contribution < 1.29 is 9.18 Å². The molecule has 0 spiro atoms. The molecule has 0 atom stereocenters. The van der Waals surface area contributed by atoms with Crippen LogP contribution in [-0.4, -0.2) is 23.3 Å². The van der Waals surface area contributed by atoms with Gasteiger partial charge in [-0.25, -0.2) is 4.39 Å². The molecule has 1 aliphatic rings. The van der Waals surface area contributed by atoms with Gasteiger partial charge in [0.05, 0.1) is 5.75 Å². The van der Waals surface area contributed by atoms with Crippen LogP contribution in [0.25, 0.3) is 0 Å². The molecule has 21 heavy (non-hydrogen) atoms. The van der Waals surface area contributed by atoms with Crippen molar-refractivity contribution in [3.8, 4) is 0 Å². The number of amides is 1. The van der Waals surface area contributed by atoms with Gasteiger partial charge in [-0.3, -0.25) is 9.79 Å². The van der Waals surface area contributed by atoms with Crippen LogP contribution in [0.15, 0.2) is 52.3 Å². The fraction of sp³-hybridized carbons (Fsp3) is 0.250. The van der Waals surface area contributed by atoms with E-state index in [-0.39, 0.29) is 16.7 Å². The van der Waals surface area contributed by atoms with E-state index in [1.807, 2.05) is 24.3 Å². The van der Waals surface area contributed by atoms with Gasteiger partial charge in [0, 0.05) is 13.1 Å². The molecule has 2 rings (SSSR count). The minimum atomic E-state index is -0.463. The molecule has 0 aliphatic carbocycles. The van der Waals surface area contributed by atoms with E-state index in [2.05, 4.69) is 11.7 Å². The Bertz CT molecular complexity index is 585. The van der Waals surface area contributed by atoms with Crippen LogP contribution >= 0.6 is 11.8 Å². The van der Waals surface area contributed by atoms with Crippen LogP contribution in [0.2, 0.25) is 0 Å². The lowest BCUT2D eigenvalue weighted by atomic mass is 10.1. The van der Waals surface area contributed by atoms with Crippen molar-refractivity contribution in [2.45, 2.75) is 20.0 Å². The number of benzene rings is 1. The lowest BCUT2D eigenvalue weighted by Gasteiger charge is -2.15. The second-order valence-corrected chi connectivity index (χ2v) is 5.58. The summed E-state index contributed by atoms with van der Waals surface area (Å²) in [6, 6.07) is 7.99. The maximum Gasteiger partial charge on any atom is 0.233 e. The number of carbonyl (C=O) groups is 1. The monoisotopic (exact) mass is 304 g/mol. The van der Waals surface area contributed by atoms with Gasteiger partial charge in [-0.05, 0) is 30.8 Å². The normalized spacial score (nSPS) is 15.0. The molecular weight excluding hydrogens is 287 g/mol. The van der Waals surface area contributed by atoms with Crippen molar-refractivity contribution in [3.63, 3.8) is 0 Å². The number of fused-ring (bicyclic) bond motifs is 1. The quantitative estimate of drug-likeness (QED) is 0.614. The summed E-state index contributed by atoms with van der Waals surface area (Å²) in [5.74, 6) is -0.325. The number of hydrogen-bond acceptors (Lipinski definition) is 3. The average molecular weight is 304 g/mol. The van der Waals surface area contributed by atoms with Crippen molar-refractivity contribution in [2.75, 3.05) is 5.75 Å². The summed E-state index contributed by atoms with van der Waals surface area (Å²) in [7, 11) is 0. The molecule has 0 radical (unpaired) electrons. The molecule has 1 aliphatic heterocycles. The van der Waals surface area contributed by atoms with E-state index in [1.165, 1.54) is 17.2 Å². The van der Waals surface area contributed by atoms with Crippen LogP contribution in [0.1, 0.15) is 18.1 Å². The summed E-state index contributed by atoms with van der Waals surface area (Å²) in [6.45, 7) is 6.30. The maximum absolute atomic E-state index is 13.6. The number of allylic oxidation sites excluding steroid dienone is 3. The summed E-state index contributed by atoms with van der Waals surface area (Å²) in [5.41, 5.74) is 2.35. The van der Waals surface area contributed by atoms with Crippen molar-refractivity contribution in [1.29, 1.82) is 0 Å². The number of thioether (sulfide) groups is 1. The van der Waals surface area contributed by atoms with Gasteiger partial charge in [-0.2, -0.15) is 0 Å². The Morgan fingerprint density at radius 3 is 2.57 bits per heavy atom. The number of carbonyl (C=O) groups excluding carboxylic acids is 1. The third kappa shape index (κ3) is 3.82. The fourth-order valence-corrected chi connectivity index (χ4v) is 2.88. The Morgan fingerprint density at radius 2 is 2.05 bits per heavy atom. The number of nitrogens with zero attached hydrogens (tertiary/aromatic N) is 2. The molecule has 0 saturated heterocycles. The minimum absolute atomic E-state index is 0.0226. The highest BCUT2D eigenvalue weighted by Gasteiger charge is 2.23. The third-order valence-corrected chi connectivity index (χ3v) is 4.18. The fourth-order valence-electron chi connectivity index (χ4n) is 2.14. The minimum Gasteiger partial charge on any atom is -0.333 e. The molecule has 5 heteroatoms. The van der Waals surface area contributed by atoms with Gasteiger partial charge >= 0.3 is 0 Å². The molecule has 0 bridgehead atoms. The van der Waals surface area contributed by atoms with E-state index < -0.39 is 5.83 Å². The Labute approximate surface area is 128 Å². The first-order valence-corrected chi connectivity index (χ1v) is 7.60. The van der Waals surface area contributed by atoms with E-state index in [1.54, 1.807) is 17.9 Å². The highest BCUT2D eigenvalue weighted by Crippen LogP contribution is 2.26. The average Bonchev–Trinajstić information content (AvgIpc) is 2.92.